The minimum atomic E-state index is -1.22. The molecule has 0 aliphatic heterocycles. The van der Waals surface area contributed by atoms with E-state index in [1.807, 2.05) is 0 Å². The number of carboxylic acid groups (broad SMARTS) is 1. The molecule has 6 nitrogen and oxygen atoms in total. The highest BCUT2D eigenvalue weighted by atomic mass is 19.1. The molecule has 0 atom stereocenters. The minimum Gasteiger partial charge on any atom is -0.476 e. The SMILES string of the molecule is O=C(Cn1cc(C(=O)O)nn1)c1cccc(F)c1. The maximum Gasteiger partial charge on any atom is 0.358 e. The molecule has 92 valence electrons. The molecule has 0 bridgehead atoms. The van der Waals surface area contributed by atoms with Gasteiger partial charge in [0.1, 0.15) is 12.4 Å². The van der Waals surface area contributed by atoms with Crippen LogP contribution in [0.25, 0.3) is 0 Å². The maximum atomic E-state index is 12.9. The second-order valence-electron chi connectivity index (χ2n) is 3.54. The molecule has 2 rings (SSSR count). The molecule has 0 saturated carbocycles. The van der Waals surface area contributed by atoms with Crippen LogP contribution in [0.4, 0.5) is 4.39 Å². The summed E-state index contributed by atoms with van der Waals surface area (Å²) in [6, 6.07) is 5.24. The van der Waals surface area contributed by atoms with E-state index in [9.17, 15) is 14.0 Å². The molecule has 7 heteroatoms. The van der Waals surface area contributed by atoms with E-state index in [4.69, 9.17) is 5.11 Å². The zero-order valence-electron chi connectivity index (χ0n) is 9.08. The smallest absolute Gasteiger partial charge is 0.358 e. The minimum absolute atomic E-state index is 0.191. The predicted octanol–water partition coefficient (Wildman–Crippen LogP) is 0.998. The summed E-state index contributed by atoms with van der Waals surface area (Å²) in [6.45, 7) is -0.191. The Morgan fingerprint density at radius 3 is 2.78 bits per heavy atom. The van der Waals surface area contributed by atoms with Crippen molar-refractivity contribution >= 4 is 11.8 Å². The van der Waals surface area contributed by atoms with E-state index in [-0.39, 0.29) is 23.6 Å². The van der Waals surface area contributed by atoms with Crippen LogP contribution in [0.3, 0.4) is 0 Å². The molecular formula is C11H8FN3O3. The van der Waals surface area contributed by atoms with Crippen LogP contribution in [0.1, 0.15) is 20.8 Å². The highest BCUT2D eigenvalue weighted by Crippen LogP contribution is 2.05. The lowest BCUT2D eigenvalue weighted by molar-refractivity contribution is 0.0690. The second-order valence-corrected chi connectivity index (χ2v) is 3.54. The van der Waals surface area contributed by atoms with Gasteiger partial charge in [-0.25, -0.2) is 13.9 Å². The molecule has 0 amide bonds. The van der Waals surface area contributed by atoms with Gasteiger partial charge in [0.15, 0.2) is 11.5 Å². The number of halogens is 1. The van der Waals surface area contributed by atoms with Crippen LogP contribution in [0.15, 0.2) is 30.5 Å². The fraction of sp³-hybridized carbons (Fsp3) is 0.0909. The number of hydrogen-bond donors (Lipinski definition) is 1. The first-order chi connectivity index (χ1) is 8.56. The van der Waals surface area contributed by atoms with Crippen LogP contribution in [-0.2, 0) is 6.54 Å². The topological polar surface area (TPSA) is 85.1 Å². The van der Waals surface area contributed by atoms with E-state index in [0.29, 0.717) is 0 Å². The predicted molar refractivity (Wildman–Crippen MR) is 57.7 cm³/mol. The van der Waals surface area contributed by atoms with Gasteiger partial charge in [-0.3, -0.25) is 4.79 Å². The monoisotopic (exact) mass is 249 g/mol. The van der Waals surface area contributed by atoms with Crippen LogP contribution in [0.2, 0.25) is 0 Å². The molecule has 0 radical (unpaired) electrons. The van der Waals surface area contributed by atoms with Crippen molar-refractivity contribution in [3.05, 3.63) is 47.5 Å². The Morgan fingerprint density at radius 1 is 1.39 bits per heavy atom. The van der Waals surface area contributed by atoms with Crippen molar-refractivity contribution in [1.29, 1.82) is 0 Å². The lowest BCUT2D eigenvalue weighted by Gasteiger charge is -2.00. The third kappa shape index (κ3) is 2.57. The van der Waals surface area contributed by atoms with Gasteiger partial charge in [-0.1, -0.05) is 17.3 Å². The highest BCUT2D eigenvalue weighted by molar-refractivity contribution is 5.95. The molecule has 2 aromatic rings. The van der Waals surface area contributed by atoms with E-state index in [1.54, 1.807) is 0 Å². The molecule has 1 aromatic carbocycles. The number of aromatic carboxylic acids is 1. The maximum absolute atomic E-state index is 12.9. The molecule has 0 aliphatic rings. The number of nitrogens with zero attached hydrogens (tertiary/aromatic N) is 3. The van der Waals surface area contributed by atoms with Crippen LogP contribution >= 0.6 is 0 Å². The summed E-state index contributed by atoms with van der Waals surface area (Å²) in [6.07, 6.45) is 1.14. The van der Waals surface area contributed by atoms with E-state index in [0.717, 1.165) is 16.9 Å². The number of carbonyl (C=O) groups excluding carboxylic acids is 1. The van der Waals surface area contributed by atoms with Gasteiger partial charge in [0.2, 0.25) is 0 Å². The Balaban J connectivity index is 2.13. The Labute approximate surface area is 101 Å². The quantitative estimate of drug-likeness (QED) is 0.817. The van der Waals surface area contributed by atoms with Gasteiger partial charge in [0.05, 0.1) is 6.20 Å². The van der Waals surface area contributed by atoms with Crippen LogP contribution in [-0.4, -0.2) is 31.9 Å². The van der Waals surface area contributed by atoms with Gasteiger partial charge in [-0.2, -0.15) is 0 Å². The molecule has 0 spiro atoms. The Kier molecular flexibility index (Phi) is 3.13. The molecule has 0 fully saturated rings. The first-order valence-electron chi connectivity index (χ1n) is 4.98. The zero-order chi connectivity index (χ0) is 13.1. The molecule has 1 heterocycles. The van der Waals surface area contributed by atoms with Gasteiger partial charge < -0.3 is 5.11 Å². The van der Waals surface area contributed by atoms with Crippen molar-refractivity contribution in [1.82, 2.24) is 15.0 Å². The van der Waals surface area contributed by atoms with Crippen LogP contribution < -0.4 is 0 Å². The average Bonchev–Trinajstić information content (AvgIpc) is 2.77. The van der Waals surface area contributed by atoms with Gasteiger partial charge >= 0.3 is 5.97 Å². The lowest BCUT2D eigenvalue weighted by atomic mass is 10.1. The number of benzene rings is 1. The van der Waals surface area contributed by atoms with Crippen molar-refractivity contribution in [2.24, 2.45) is 0 Å². The number of hydrogen-bond acceptors (Lipinski definition) is 4. The van der Waals surface area contributed by atoms with Crippen molar-refractivity contribution in [3.8, 4) is 0 Å². The van der Waals surface area contributed by atoms with Crippen molar-refractivity contribution in [2.45, 2.75) is 6.54 Å². The third-order valence-corrected chi connectivity index (χ3v) is 2.21. The molecule has 1 aromatic heterocycles. The number of aromatic nitrogens is 3. The second kappa shape index (κ2) is 4.74. The van der Waals surface area contributed by atoms with Crippen molar-refractivity contribution in [2.75, 3.05) is 0 Å². The molecule has 0 unspecified atom stereocenters. The summed E-state index contributed by atoms with van der Waals surface area (Å²) in [5, 5.41) is 15.5. The molecule has 0 aliphatic carbocycles. The van der Waals surface area contributed by atoms with E-state index < -0.39 is 11.8 Å². The number of rotatable bonds is 4. The molecule has 0 saturated heterocycles. The summed E-state index contributed by atoms with van der Waals surface area (Å²) in [4.78, 5) is 22.3. The molecule has 1 N–H and O–H groups in total. The zero-order valence-corrected chi connectivity index (χ0v) is 9.08. The largest absolute Gasteiger partial charge is 0.476 e. The van der Waals surface area contributed by atoms with Crippen LogP contribution in [0, 0.1) is 5.82 Å². The number of carboxylic acids is 1. The van der Waals surface area contributed by atoms with Gasteiger partial charge in [-0.15, -0.1) is 5.10 Å². The van der Waals surface area contributed by atoms with Crippen molar-refractivity contribution in [3.63, 3.8) is 0 Å². The highest BCUT2D eigenvalue weighted by Gasteiger charge is 2.12. The van der Waals surface area contributed by atoms with E-state index in [2.05, 4.69) is 10.3 Å². The fourth-order valence-corrected chi connectivity index (χ4v) is 1.37. The molecular weight excluding hydrogens is 241 g/mol. The van der Waals surface area contributed by atoms with Gasteiger partial charge in [-0.05, 0) is 12.1 Å². The Bertz CT molecular complexity index is 609. The fourth-order valence-electron chi connectivity index (χ4n) is 1.37. The summed E-state index contributed by atoms with van der Waals surface area (Å²) in [5.74, 6) is -2.11. The standard InChI is InChI=1S/C11H8FN3O3/c12-8-3-1-2-7(4-8)10(16)6-15-5-9(11(17)18)13-14-15/h1-5H,6H2,(H,17,18). The number of Topliss-reactive ketones (excluding diaryl/α,β-unsaturated/α-hetero) is 1. The average molecular weight is 249 g/mol. The first kappa shape index (κ1) is 11.9. The normalized spacial score (nSPS) is 10.3. The Hall–Kier alpha value is -2.57. The Morgan fingerprint density at radius 2 is 2.17 bits per heavy atom. The summed E-state index contributed by atoms with van der Waals surface area (Å²) < 4.78 is 14.0. The summed E-state index contributed by atoms with van der Waals surface area (Å²) in [7, 11) is 0. The molecule has 18 heavy (non-hydrogen) atoms. The summed E-state index contributed by atoms with van der Waals surface area (Å²) in [5.41, 5.74) is -0.0515. The van der Waals surface area contributed by atoms with Crippen molar-refractivity contribution < 1.29 is 19.1 Å². The van der Waals surface area contributed by atoms with Gasteiger partial charge in [0, 0.05) is 5.56 Å². The van der Waals surface area contributed by atoms with Gasteiger partial charge in [0.25, 0.3) is 0 Å². The van der Waals surface area contributed by atoms with E-state index >= 15 is 0 Å². The first-order valence-corrected chi connectivity index (χ1v) is 4.98. The number of ketones is 1. The van der Waals surface area contributed by atoms with Crippen LogP contribution in [0.5, 0.6) is 0 Å². The third-order valence-electron chi connectivity index (χ3n) is 2.21. The summed E-state index contributed by atoms with van der Waals surface area (Å²) >= 11 is 0. The van der Waals surface area contributed by atoms with E-state index in [1.165, 1.54) is 18.2 Å². The lowest BCUT2D eigenvalue weighted by Crippen LogP contribution is -2.11. The number of carbonyl (C=O) groups is 2.